The summed E-state index contributed by atoms with van der Waals surface area (Å²) in [6.07, 6.45) is 4.42. The number of ether oxygens (including phenoxy) is 1. The quantitative estimate of drug-likeness (QED) is 0.470. The van der Waals surface area contributed by atoms with Gasteiger partial charge in [-0.3, -0.25) is 9.80 Å². The molecule has 1 N–H and O–H groups in total. The van der Waals surface area contributed by atoms with E-state index in [-0.39, 0.29) is 11.9 Å². The molecule has 1 aliphatic heterocycles. The molecule has 0 amide bonds. The molecule has 0 radical (unpaired) electrons. The Kier molecular flexibility index (Phi) is 8.45. The molecular formula is C28H35N5O2. The van der Waals surface area contributed by atoms with Gasteiger partial charge in [0.1, 0.15) is 17.7 Å². The molecule has 184 valence electrons. The number of carbonyl (C=O) groups is 1. The van der Waals surface area contributed by atoms with Crippen LogP contribution < -0.4 is 5.32 Å². The van der Waals surface area contributed by atoms with Crippen molar-refractivity contribution in [2.45, 2.75) is 26.4 Å². The topological polar surface area (TPSA) is 70.6 Å². The highest BCUT2D eigenvalue weighted by Crippen LogP contribution is 2.23. The van der Waals surface area contributed by atoms with Crippen molar-refractivity contribution in [3.63, 3.8) is 0 Å². The maximum absolute atomic E-state index is 12.3. The number of nitrogens with zero attached hydrogens (tertiary/aromatic N) is 4. The third-order valence-corrected chi connectivity index (χ3v) is 6.37. The van der Waals surface area contributed by atoms with E-state index in [4.69, 9.17) is 14.7 Å². The van der Waals surface area contributed by atoms with Crippen LogP contribution in [0, 0.1) is 5.92 Å². The van der Waals surface area contributed by atoms with Crippen LogP contribution in [-0.4, -0.2) is 71.6 Å². The first kappa shape index (κ1) is 24.8. The van der Waals surface area contributed by atoms with Crippen molar-refractivity contribution in [1.82, 2.24) is 19.8 Å². The lowest BCUT2D eigenvalue weighted by Gasteiger charge is -2.33. The van der Waals surface area contributed by atoms with E-state index in [0.717, 1.165) is 49.5 Å². The van der Waals surface area contributed by atoms with Crippen molar-refractivity contribution in [1.29, 1.82) is 0 Å². The molecule has 1 aliphatic rings. The van der Waals surface area contributed by atoms with Gasteiger partial charge in [0.25, 0.3) is 0 Å². The number of esters is 1. The highest BCUT2D eigenvalue weighted by molar-refractivity contribution is 5.91. The van der Waals surface area contributed by atoms with E-state index in [1.54, 1.807) is 0 Å². The molecule has 1 aromatic heterocycles. The fraction of sp³-hybridized carbons (Fsp3) is 0.393. The summed E-state index contributed by atoms with van der Waals surface area (Å²) in [4.78, 5) is 26.9. The third kappa shape index (κ3) is 6.65. The summed E-state index contributed by atoms with van der Waals surface area (Å²) < 4.78 is 5.01. The predicted molar refractivity (Wildman–Crippen MR) is 141 cm³/mol. The van der Waals surface area contributed by atoms with Crippen LogP contribution in [0.1, 0.15) is 25.2 Å². The number of piperazine rings is 1. The number of fused-ring (bicyclic) bond motifs is 1. The summed E-state index contributed by atoms with van der Waals surface area (Å²) in [7, 11) is 1.42. The fourth-order valence-electron chi connectivity index (χ4n) is 4.31. The number of aromatic nitrogens is 2. The Morgan fingerprint density at radius 2 is 1.69 bits per heavy atom. The van der Waals surface area contributed by atoms with E-state index in [1.165, 1.54) is 12.7 Å². The van der Waals surface area contributed by atoms with Crippen LogP contribution in [0.3, 0.4) is 0 Å². The van der Waals surface area contributed by atoms with Crippen LogP contribution in [0.25, 0.3) is 17.0 Å². The Morgan fingerprint density at radius 1 is 1.00 bits per heavy atom. The van der Waals surface area contributed by atoms with Crippen molar-refractivity contribution in [2.75, 3.05) is 45.2 Å². The van der Waals surface area contributed by atoms with Crippen LogP contribution in [0.2, 0.25) is 0 Å². The van der Waals surface area contributed by atoms with Gasteiger partial charge in [-0.15, -0.1) is 0 Å². The van der Waals surface area contributed by atoms with Gasteiger partial charge in [-0.2, -0.15) is 0 Å². The van der Waals surface area contributed by atoms with Gasteiger partial charge in [-0.1, -0.05) is 68.5 Å². The van der Waals surface area contributed by atoms with Gasteiger partial charge in [0.05, 0.1) is 19.2 Å². The van der Waals surface area contributed by atoms with Crippen LogP contribution in [0.15, 0.2) is 60.7 Å². The molecule has 1 atom stereocenters. The van der Waals surface area contributed by atoms with Crippen molar-refractivity contribution < 1.29 is 9.53 Å². The Morgan fingerprint density at radius 3 is 2.40 bits per heavy atom. The molecule has 0 aliphatic carbocycles. The number of hydrogen-bond donors (Lipinski definition) is 1. The lowest BCUT2D eigenvalue weighted by atomic mass is 10.0. The van der Waals surface area contributed by atoms with Crippen molar-refractivity contribution >= 4 is 28.8 Å². The maximum atomic E-state index is 12.3. The first-order chi connectivity index (χ1) is 17.0. The lowest BCUT2D eigenvalue weighted by molar-refractivity contribution is -0.142. The van der Waals surface area contributed by atoms with Gasteiger partial charge >= 0.3 is 5.97 Å². The van der Waals surface area contributed by atoms with Gasteiger partial charge < -0.3 is 10.1 Å². The summed E-state index contributed by atoms with van der Waals surface area (Å²) in [6, 6.07) is 17.8. The van der Waals surface area contributed by atoms with E-state index in [9.17, 15) is 4.79 Å². The number of nitrogens with one attached hydrogen (secondary N) is 1. The molecule has 2 aromatic carbocycles. The number of benzene rings is 2. The standard InChI is InChI=1S/C28H35N5O2/c1-21(2)26(28(34)35-3)31-27-23-13-7-8-14-24(23)29-25(30-27)20-33-18-16-32(17-19-33)15-9-12-22-10-5-4-6-11-22/h4-14,21,26H,15-20H2,1-3H3,(H,29,30,31)/b12-9+/t26-/m0/s1. The zero-order chi connectivity index (χ0) is 24.6. The number of anilines is 1. The van der Waals surface area contributed by atoms with Crippen LogP contribution in [-0.2, 0) is 16.1 Å². The summed E-state index contributed by atoms with van der Waals surface area (Å²) in [5, 5.41) is 4.24. The molecule has 35 heavy (non-hydrogen) atoms. The molecule has 4 rings (SSSR count). The first-order valence-electron chi connectivity index (χ1n) is 12.3. The minimum Gasteiger partial charge on any atom is -0.467 e. The zero-order valence-corrected chi connectivity index (χ0v) is 20.9. The van der Waals surface area contributed by atoms with Crippen molar-refractivity contribution in [3.8, 4) is 0 Å². The van der Waals surface area contributed by atoms with E-state index >= 15 is 0 Å². The average Bonchev–Trinajstić information content (AvgIpc) is 2.88. The molecule has 7 nitrogen and oxygen atoms in total. The highest BCUT2D eigenvalue weighted by atomic mass is 16.5. The molecule has 3 aromatic rings. The second kappa shape index (κ2) is 11.9. The number of carbonyl (C=O) groups excluding carboxylic acids is 1. The third-order valence-electron chi connectivity index (χ3n) is 6.37. The molecule has 0 unspecified atom stereocenters. The smallest absolute Gasteiger partial charge is 0.328 e. The van der Waals surface area contributed by atoms with Crippen LogP contribution in [0.5, 0.6) is 0 Å². The van der Waals surface area contributed by atoms with E-state index in [2.05, 4.69) is 51.5 Å². The monoisotopic (exact) mass is 473 g/mol. The predicted octanol–water partition coefficient (Wildman–Crippen LogP) is 4.07. The Hall–Kier alpha value is -3.29. The van der Waals surface area contributed by atoms with Crippen molar-refractivity contribution in [3.05, 3.63) is 72.1 Å². The highest BCUT2D eigenvalue weighted by Gasteiger charge is 2.25. The summed E-state index contributed by atoms with van der Waals surface area (Å²) >= 11 is 0. The number of hydrogen-bond acceptors (Lipinski definition) is 7. The molecule has 0 bridgehead atoms. The molecule has 2 heterocycles. The minimum atomic E-state index is -0.473. The second-order valence-electron chi connectivity index (χ2n) is 9.28. The number of para-hydroxylation sites is 1. The van der Waals surface area contributed by atoms with E-state index in [1.807, 2.05) is 44.2 Å². The SMILES string of the molecule is COC(=O)[C@@H](Nc1nc(CN2CCN(C/C=C/c3ccccc3)CC2)nc2ccccc12)C(C)C. The largest absolute Gasteiger partial charge is 0.467 e. The van der Waals surface area contributed by atoms with Gasteiger partial charge in [0, 0.05) is 38.1 Å². The average molecular weight is 474 g/mol. The van der Waals surface area contributed by atoms with Crippen LogP contribution in [0.4, 0.5) is 5.82 Å². The molecular weight excluding hydrogens is 438 g/mol. The molecule has 1 fully saturated rings. The summed E-state index contributed by atoms with van der Waals surface area (Å²) in [5.41, 5.74) is 2.10. The second-order valence-corrected chi connectivity index (χ2v) is 9.28. The Bertz CT molecular complexity index is 1140. The summed E-state index contributed by atoms with van der Waals surface area (Å²) in [6.45, 7) is 9.57. The molecule has 7 heteroatoms. The number of rotatable bonds is 9. The number of methoxy groups -OCH3 is 1. The maximum Gasteiger partial charge on any atom is 0.328 e. The Balaban J connectivity index is 1.40. The summed E-state index contributed by atoms with van der Waals surface area (Å²) in [5.74, 6) is 1.21. The first-order valence-corrected chi connectivity index (χ1v) is 12.3. The fourth-order valence-corrected chi connectivity index (χ4v) is 4.31. The Labute approximate surface area is 207 Å². The molecule has 0 spiro atoms. The normalized spacial score (nSPS) is 16.1. The van der Waals surface area contributed by atoms with E-state index < -0.39 is 6.04 Å². The van der Waals surface area contributed by atoms with Gasteiger partial charge in [0.2, 0.25) is 0 Å². The lowest BCUT2D eigenvalue weighted by Crippen LogP contribution is -2.46. The van der Waals surface area contributed by atoms with Crippen LogP contribution >= 0.6 is 0 Å². The van der Waals surface area contributed by atoms with Gasteiger partial charge in [0.15, 0.2) is 0 Å². The van der Waals surface area contributed by atoms with Gasteiger partial charge in [-0.05, 0) is 23.6 Å². The molecule has 1 saturated heterocycles. The van der Waals surface area contributed by atoms with Gasteiger partial charge in [-0.25, -0.2) is 14.8 Å². The minimum absolute atomic E-state index is 0.0589. The molecule has 0 saturated carbocycles. The van der Waals surface area contributed by atoms with E-state index in [0.29, 0.717) is 12.4 Å². The zero-order valence-electron chi connectivity index (χ0n) is 20.9. The van der Waals surface area contributed by atoms with Crippen molar-refractivity contribution in [2.24, 2.45) is 5.92 Å².